The number of amides is 1. The van der Waals surface area contributed by atoms with Crippen molar-refractivity contribution in [3.8, 4) is 0 Å². The molecule has 0 unspecified atom stereocenters. The quantitative estimate of drug-likeness (QED) is 0.528. The number of carbonyl (C=O) groups is 1. The molecule has 160 valence electrons. The Labute approximate surface area is 175 Å². The lowest BCUT2D eigenvalue weighted by Crippen LogP contribution is -2.36. The molecular weight excluding hydrogens is 406 g/mol. The number of nitro groups is 1. The maximum Gasteiger partial charge on any atom is 0.271 e. The first-order valence-corrected chi connectivity index (χ1v) is 11.3. The maximum atomic E-state index is 12.9. The third kappa shape index (κ3) is 4.96. The molecule has 0 aromatic heterocycles. The Morgan fingerprint density at radius 3 is 2.37 bits per heavy atom. The van der Waals surface area contributed by atoms with Gasteiger partial charge < -0.3 is 5.32 Å². The molecule has 0 atom stereocenters. The number of nitrogens with one attached hydrogen (secondary N) is 2. The second-order valence-corrected chi connectivity index (χ2v) is 9.33. The lowest BCUT2D eigenvalue weighted by atomic mass is 9.95. The van der Waals surface area contributed by atoms with Crippen molar-refractivity contribution < 1.29 is 18.1 Å². The summed E-state index contributed by atoms with van der Waals surface area (Å²) >= 11 is 0. The first-order chi connectivity index (χ1) is 14.2. The molecule has 0 heterocycles. The molecule has 1 fully saturated rings. The van der Waals surface area contributed by atoms with Crippen molar-refractivity contribution in [3.63, 3.8) is 0 Å². The number of benzene rings is 2. The number of carbonyl (C=O) groups excluding carboxylic acids is 1. The van der Waals surface area contributed by atoms with E-state index in [1.54, 1.807) is 19.9 Å². The van der Waals surface area contributed by atoms with Crippen LogP contribution in [0.3, 0.4) is 0 Å². The van der Waals surface area contributed by atoms with Crippen molar-refractivity contribution in [1.82, 2.24) is 5.32 Å². The molecule has 0 bridgehead atoms. The molecule has 2 aromatic rings. The van der Waals surface area contributed by atoms with E-state index in [0.29, 0.717) is 16.7 Å². The van der Waals surface area contributed by atoms with Crippen molar-refractivity contribution in [2.24, 2.45) is 0 Å². The largest absolute Gasteiger partial charge is 0.349 e. The third-order valence-corrected chi connectivity index (χ3v) is 6.74. The Hall–Kier alpha value is -2.94. The lowest BCUT2D eigenvalue weighted by Gasteiger charge is -2.23. The molecule has 2 aromatic carbocycles. The standard InChI is InChI=1S/C21H25N3O5S/c1-14-9-11-18(13-19(14)21(25)22-16-6-4-3-5-7-16)30(28,29)23-20-12-17(24(26)27)10-8-15(20)2/h8-13,16,23H,3-7H2,1-2H3,(H,22,25). The first-order valence-electron chi connectivity index (χ1n) is 9.87. The zero-order valence-corrected chi connectivity index (χ0v) is 17.8. The van der Waals surface area contributed by atoms with Gasteiger partial charge in [-0.15, -0.1) is 0 Å². The van der Waals surface area contributed by atoms with E-state index in [1.807, 2.05) is 0 Å². The summed E-state index contributed by atoms with van der Waals surface area (Å²) in [6.45, 7) is 3.41. The van der Waals surface area contributed by atoms with Gasteiger partial charge in [0.1, 0.15) is 0 Å². The molecule has 1 amide bonds. The van der Waals surface area contributed by atoms with Gasteiger partial charge in [0.05, 0.1) is 15.5 Å². The number of anilines is 1. The van der Waals surface area contributed by atoms with Gasteiger partial charge in [-0.2, -0.15) is 0 Å². The van der Waals surface area contributed by atoms with Crippen molar-refractivity contribution in [3.05, 3.63) is 63.2 Å². The molecule has 0 saturated heterocycles. The lowest BCUT2D eigenvalue weighted by molar-refractivity contribution is -0.384. The van der Waals surface area contributed by atoms with E-state index in [9.17, 15) is 23.3 Å². The van der Waals surface area contributed by atoms with Gasteiger partial charge in [0.15, 0.2) is 0 Å². The Bertz CT molecular complexity index is 1080. The van der Waals surface area contributed by atoms with E-state index in [-0.39, 0.29) is 28.2 Å². The van der Waals surface area contributed by atoms with E-state index in [2.05, 4.69) is 10.0 Å². The summed E-state index contributed by atoms with van der Waals surface area (Å²) in [6, 6.07) is 8.43. The highest BCUT2D eigenvalue weighted by Gasteiger charge is 2.22. The summed E-state index contributed by atoms with van der Waals surface area (Å²) in [4.78, 5) is 23.1. The van der Waals surface area contributed by atoms with Gasteiger partial charge in [-0.1, -0.05) is 31.4 Å². The Kier molecular flexibility index (Phi) is 6.40. The number of hydrogen-bond acceptors (Lipinski definition) is 5. The van der Waals surface area contributed by atoms with Gasteiger partial charge in [-0.3, -0.25) is 19.6 Å². The molecule has 3 rings (SSSR count). The number of hydrogen-bond donors (Lipinski definition) is 2. The molecule has 1 aliphatic rings. The van der Waals surface area contributed by atoms with E-state index < -0.39 is 14.9 Å². The van der Waals surface area contributed by atoms with Crippen LogP contribution < -0.4 is 10.0 Å². The molecule has 2 N–H and O–H groups in total. The van der Waals surface area contributed by atoms with Crippen molar-refractivity contribution in [2.75, 3.05) is 4.72 Å². The van der Waals surface area contributed by atoms with Crippen LogP contribution in [0.1, 0.15) is 53.6 Å². The van der Waals surface area contributed by atoms with Gasteiger partial charge in [-0.05, 0) is 49.9 Å². The molecule has 9 heteroatoms. The zero-order chi connectivity index (χ0) is 21.9. The molecule has 1 saturated carbocycles. The predicted octanol–water partition coefficient (Wildman–Crippen LogP) is 4.07. The van der Waals surface area contributed by atoms with E-state index in [0.717, 1.165) is 25.7 Å². The van der Waals surface area contributed by atoms with Crippen LogP contribution in [0.25, 0.3) is 0 Å². The Balaban J connectivity index is 1.86. The number of rotatable bonds is 6. The summed E-state index contributed by atoms with van der Waals surface area (Å²) in [5.74, 6) is -0.289. The van der Waals surface area contributed by atoms with Crippen molar-refractivity contribution in [1.29, 1.82) is 0 Å². The molecule has 1 aliphatic carbocycles. The van der Waals surface area contributed by atoms with Gasteiger partial charge in [0, 0.05) is 23.7 Å². The summed E-state index contributed by atoms with van der Waals surface area (Å²) in [6.07, 6.45) is 5.17. The summed E-state index contributed by atoms with van der Waals surface area (Å²) in [5, 5.41) is 14.0. The normalized spacial score (nSPS) is 14.9. The fourth-order valence-corrected chi connectivity index (χ4v) is 4.71. The number of nitro benzene ring substituents is 1. The van der Waals surface area contributed by atoms with Gasteiger partial charge in [0.25, 0.3) is 21.6 Å². The second-order valence-electron chi connectivity index (χ2n) is 7.65. The minimum absolute atomic E-state index is 0.0761. The topological polar surface area (TPSA) is 118 Å². The molecule has 0 radical (unpaired) electrons. The number of non-ortho nitro benzene ring substituents is 1. The number of aryl methyl sites for hydroxylation is 2. The van der Waals surface area contributed by atoms with E-state index in [4.69, 9.17) is 0 Å². The average Bonchev–Trinajstić information content (AvgIpc) is 2.70. The molecule has 30 heavy (non-hydrogen) atoms. The van der Waals surface area contributed by atoms with Crippen molar-refractivity contribution in [2.45, 2.75) is 56.9 Å². The second kappa shape index (κ2) is 8.83. The van der Waals surface area contributed by atoms with Crippen LogP contribution in [0.2, 0.25) is 0 Å². The zero-order valence-electron chi connectivity index (χ0n) is 17.0. The SMILES string of the molecule is Cc1ccc([N+](=O)[O-])cc1NS(=O)(=O)c1ccc(C)c(C(=O)NC2CCCCC2)c1. The van der Waals surface area contributed by atoms with Crippen LogP contribution in [-0.2, 0) is 10.0 Å². The Morgan fingerprint density at radius 1 is 1.03 bits per heavy atom. The fraction of sp³-hybridized carbons (Fsp3) is 0.381. The smallest absolute Gasteiger partial charge is 0.271 e. The summed E-state index contributed by atoms with van der Waals surface area (Å²) in [7, 11) is -4.04. The number of nitrogens with zero attached hydrogens (tertiary/aromatic N) is 1. The highest BCUT2D eigenvalue weighted by Crippen LogP contribution is 2.26. The van der Waals surface area contributed by atoms with Gasteiger partial charge >= 0.3 is 0 Å². The van der Waals surface area contributed by atoms with E-state index in [1.165, 1.54) is 36.8 Å². The van der Waals surface area contributed by atoms with E-state index >= 15 is 0 Å². The third-order valence-electron chi connectivity index (χ3n) is 5.38. The highest BCUT2D eigenvalue weighted by molar-refractivity contribution is 7.92. The van der Waals surface area contributed by atoms with Crippen LogP contribution in [0.15, 0.2) is 41.3 Å². The maximum absolute atomic E-state index is 12.9. The average molecular weight is 432 g/mol. The van der Waals surface area contributed by atoms with Crippen LogP contribution in [-0.4, -0.2) is 25.3 Å². The van der Waals surface area contributed by atoms with Crippen LogP contribution in [0, 0.1) is 24.0 Å². The fourth-order valence-electron chi connectivity index (χ4n) is 3.56. The summed E-state index contributed by atoms with van der Waals surface area (Å²) in [5.41, 5.74) is 1.44. The van der Waals surface area contributed by atoms with Crippen LogP contribution in [0.5, 0.6) is 0 Å². The number of sulfonamides is 1. The van der Waals surface area contributed by atoms with Crippen LogP contribution >= 0.6 is 0 Å². The minimum Gasteiger partial charge on any atom is -0.349 e. The van der Waals surface area contributed by atoms with Gasteiger partial charge in [0.2, 0.25) is 0 Å². The summed E-state index contributed by atoms with van der Waals surface area (Å²) < 4.78 is 28.2. The molecule has 8 nitrogen and oxygen atoms in total. The monoisotopic (exact) mass is 431 g/mol. The Morgan fingerprint density at radius 2 is 1.70 bits per heavy atom. The minimum atomic E-state index is -4.04. The predicted molar refractivity (Wildman–Crippen MR) is 114 cm³/mol. The van der Waals surface area contributed by atoms with Crippen molar-refractivity contribution >= 4 is 27.3 Å². The highest BCUT2D eigenvalue weighted by atomic mass is 32.2. The van der Waals surface area contributed by atoms with Gasteiger partial charge in [-0.25, -0.2) is 8.42 Å². The first kappa shape index (κ1) is 21.8. The molecule has 0 spiro atoms. The molecular formula is C21H25N3O5S. The van der Waals surface area contributed by atoms with Crippen LogP contribution in [0.4, 0.5) is 11.4 Å². The molecule has 0 aliphatic heterocycles.